The van der Waals surface area contributed by atoms with Crippen molar-refractivity contribution in [2.45, 2.75) is 32.1 Å². The van der Waals surface area contributed by atoms with Gasteiger partial charge in [-0.2, -0.15) is 5.26 Å². The second kappa shape index (κ2) is 6.70. The van der Waals surface area contributed by atoms with Crippen LogP contribution in [0, 0.1) is 17.2 Å². The first kappa shape index (κ1) is 15.4. The van der Waals surface area contributed by atoms with Crippen molar-refractivity contribution in [1.82, 2.24) is 4.57 Å². The van der Waals surface area contributed by atoms with E-state index < -0.39 is 0 Å². The Morgan fingerprint density at radius 3 is 2.43 bits per heavy atom. The summed E-state index contributed by atoms with van der Waals surface area (Å²) in [6.07, 6.45) is 5.58. The second-order valence-electron chi connectivity index (χ2n) is 6.18. The number of aromatic nitrogens is 1. The van der Waals surface area contributed by atoms with Gasteiger partial charge in [0.1, 0.15) is 11.8 Å². The van der Waals surface area contributed by atoms with Gasteiger partial charge in [0.05, 0.1) is 0 Å². The molecule has 1 aliphatic rings. The molecule has 3 rings (SSSR count). The van der Waals surface area contributed by atoms with E-state index in [0.29, 0.717) is 5.69 Å². The summed E-state index contributed by atoms with van der Waals surface area (Å²) in [5.41, 5.74) is 3.49. The van der Waals surface area contributed by atoms with Crippen molar-refractivity contribution in [3.05, 3.63) is 42.1 Å². The fraction of sp³-hybridized carbons (Fsp3) is 0.368. The minimum Gasteiger partial charge on any atom is -0.335 e. The number of carbonyl (C=O) groups excluding carboxylic acids is 1. The van der Waals surface area contributed by atoms with Gasteiger partial charge in [0, 0.05) is 24.3 Å². The first-order chi connectivity index (χ1) is 11.2. The number of nitrogens with zero attached hydrogens (tertiary/aromatic N) is 2. The molecule has 4 nitrogen and oxygen atoms in total. The standard InChI is InChI=1S/C19H21N3O/c1-22-17(13-20)11-12-18(22)14-7-9-16(10-8-14)21-19(23)15-5-3-2-4-6-15/h7-12,15H,2-6H2,1H3,(H,21,23). The van der Waals surface area contributed by atoms with Gasteiger partial charge in [0.15, 0.2) is 0 Å². The van der Waals surface area contributed by atoms with Gasteiger partial charge in [0.25, 0.3) is 0 Å². The number of hydrogen-bond acceptors (Lipinski definition) is 2. The van der Waals surface area contributed by atoms with Gasteiger partial charge in [-0.05, 0) is 42.7 Å². The lowest BCUT2D eigenvalue weighted by Crippen LogP contribution is -2.24. The molecule has 4 heteroatoms. The highest BCUT2D eigenvalue weighted by molar-refractivity contribution is 5.92. The molecule has 0 saturated heterocycles. The van der Waals surface area contributed by atoms with E-state index in [1.54, 1.807) is 0 Å². The van der Waals surface area contributed by atoms with Gasteiger partial charge in [-0.3, -0.25) is 4.79 Å². The molecule has 0 aliphatic heterocycles. The van der Waals surface area contributed by atoms with Crippen LogP contribution in [0.2, 0.25) is 0 Å². The fourth-order valence-corrected chi connectivity index (χ4v) is 3.25. The molecule has 1 N–H and O–H groups in total. The molecular weight excluding hydrogens is 286 g/mol. The predicted molar refractivity (Wildman–Crippen MR) is 90.8 cm³/mol. The van der Waals surface area contributed by atoms with Crippen LogP contribution >= 0.6 is 0 Å². The van der Waals surface area contributed by atoms with Gasteiger partial charge in [0.2, 0.25) is 5.91 Å². The van der Waals surface area contributed by atoms with Crippen LogP contribution in [-0.2, 0) is 11.8 Å². The Morgan fingerprint density at radius 2 is 1.83 bits per heavy atom. The monoisotopic (exact) mass is 307 g/mol. The number of nitrogens with one attached hydrogen (secondary N) is 1. The lowest BCUT2D eigenvalue weighted by Gasteiger charge is -2.20. The van der Waals surface area contributed by atoms with Crippen LogP contribution in [0.5, 0.6) is 0 Å². The minimum absolute atomic E-state index is 0.142. The van der Waals surface area contributed by atoms with Crippen molar-refractivity contribution in [3.63, 3.8) is 0 Å². The zero-order valence-electron chi connectivity index (χ0n) is 13.4. The normalized spacial score (nSPS) is 15.1. The van der Waals surface area contributed by atoms with Crippen molar-refractivity contribution in [1.29, 1.82) is 5.26 Å². The third-order valence-electron chi connectivity index (χ3n) is 4.66. The van der Waals surface area contributed by atoms with Crippen molar-refractivity contribution < 1.29 is 4.79 Å². The molecule has 1 saturated carbocycles. The van der Waals surface area contributed by atoms with Gasteiger partial charge in [-0.25, -0.2) is 0 Å². The van der Waals surface area contributed by atoms with E-state index in [2.05, 4.69) is 11.4 Å². The zero-order chi connectivity index (χ0) is 16.2. The molecule has 1 aromatic heterocycles. The number of anilines is 1. The largest absolute Gasteiger partial charge is 0.335 e. The first-order valence-corrected chi connectivity index (χ1v) is 8.16. The molecule has 1 aromatic carbocycles. The third kappa shape index (κ3) is 3.29. The van der Waals surface area contributed by atoms with Crippen molar-refractivity contribution in [2.75, 3.05) is 5.32 Å². The van der Waals surface area contributed by atoms with E-state index in [4.69, 9.17) is 5.26 Å². The minimum atomic E-state index is 0.142. The van der Waals surface area contributed by atoms with E-state index in [9.17, 15) is 4.79 Å². The summed E-state index contributed by atoms with van der Waals surface area (Å²) < 4.78 is 1.87. The Labute approximate surface area is 136 Å². The van der Waals surface area contributed by atoms with E-state index in [0.717, 1.165) is 42.6 Å². The molecule has 1 fully saturated rings. The summed E-state index contributed by atoms with van der Waals surface area (Å²) in [4.78, 5) is 12.3. The molecular formula is C19H21N3O. The summed E-state index contributed by atoms with van der Waals surface area (Å²) in [5.74, 6) is 0.303. The van der Waals surface area contributed by atoms with E-state index >= 15 is 0 Å². The molecule has 118 valence electrons. The summed E-state index contributed by atoms with van der Waals surface area (Å²) >= 11 is 0. The molecule has 0 atom stereocenters. The Kier molecular flexibility index (Phi) is 4.47. The second-order valence-corrected chi connectivity index (χ2v) is 6.18. The molecule has 0 spiro atoms. The summed E-state index contributed by atoms with van der Waals surface area (Å²) in [7, 11) is 1.88. The van der Waals surface area contributed by atoms with E-state index in [1.165, 1.54) is 6.42 Å². The maximum absolute atomic E-state index is 12.3. The maximum atomic E-state index is 12.3. The Hall–Kier alpha value is -2.54. The quantitative estimate of drug-likeness (QED) is 0.928. The zero-order valence-corrected chi connectivity index (χ0v) is 13.4. The molecule has 2 aromatic rings. The molecule has 1 heterocycles. The summed E-state index contributed by atoms with van der Waals surface area (Å²) in [5, 5.41) is 12.1. The first-order valence-electron chi connectivity index (χ1n) is 8.16. The molecule has 1 amide bonds. The number of amides is 1. The van der Waals surface area contributed by atoms with Crippen molar-refractivity contribution in [3.8, 4) is 17.3 Å². The Bertz CT molecular complexity index is 731. The number of hydrogen-bond donors (Lipinski definition) is 1. The third-order valence-corrected chi connectivity index (χ3v) is 4.66. The van der Waals surface area contributed by atoms with Crippen LogP contribution in [0.3, 0.4) is 0 Å². The van der Waals surface area contributed by atoms with Gasteiger partial charge in [-0.15, -0.1) is 0 Å². The van der Waals surface area contributed by atoms with Crippen LogP contribution < -0.4 is 5.32 Å². The van der Waals surface area contributed by atoms with Crippen LogP contribution in [0.4, 0.5) is 5.69 Å². The van der Waals surface area contributed by atoms with Gasteiger partial charge < -0.3 is 9.88 Å². The van der Waals surface area contributed by atoms with Gasteiger partial charge >= 0.3 is 0 Å². The van der Waals surface area contributed by atoms with Crippen LogP contribution in [0.1, 0.15) is 37.8 Å². The highest BCUT2D eigenvalue weighted by Gasteiger charge is 2.21. The van der Waals surface area contributed by atoms with E-state index in [-0.39, 0.29) is 11.8 Å². The van der Waals surface area contributed by atoms with Crippen molar-refractivity contribution >= 4 is 11.6 Å². The average molecular weight is 307 g/mol. The topological polar surface area (TPSA) is 57.8 Å². The van der Waals surface area contributed by atoms with E-state index in [1.807, 2.05) is 48.0 Å². The van der Waals surface area contributed by atoms with Crippen LogP contribution in [0.15, 0.2) is 36.4 Å². The Morgan fingerprint density at radius 1 is 1.13 bits per heavy atom. The molecule has 0 bridgehead atoms. The fourth-order valence-electron chi connectivity index (χ4n) is 3.25. The smallest absolute Gasteiger partial charge is 0.227 e. The number of benzene rings is 1. The number of nitriles is 1. The number of rotatable bonds is 3. The van der Waals surface area contributed by atoms with Crippen LogP contribution in [0.25, 0.3) is 11.3 Å². The van der Waals surface area contributed by atoms with Gasteiger partial charge in [-0.1, -0.05) is 31.4 Å². The van der Waals surface area contributed by atoms with Crippen LogP contribution in [-0.4, -0.2) is 10.5 Å². The Balaban J connectivity index is 1.70. The summed E-state index contributed by atoms with van der Waals surface area (Å²) in [6, 6.07) is 13.7. The highest BCUT2D eigenvalue weighted by atomic mass is 16.1. The molecule has 1 aliphatic carbocycles. The molecule has 0 unspecified atom stereocenters. The SMILES string of the molecule is Cn1c(C#N)ccc1-c1ccc(NC(=O)C2CCCCC2)cc1. The summed E-state index contributed by atoms with van der Waals surface area (Å²) in [6.45, 7) is 0. The molecule has 0 radical (unpaired) electrons. The van der Waals surface area contributed by atoms with Crippen molar-refractivity contribution in [2.24, 2.45) is 13.0 Å². The maximum Gasteiger partial charge on any atom is 0.227 e. The lowest BCUT2D eigenvalue weighted by molar-refractivity contribution is -0.120. The number of carbonyl (C=O) groups is 1. The average Bonchev–Trinajstić information content (AvgIpc) is 2.97. The lowest BCUT2D eigenvalue weighted by atomic mass is 9.88. The highest BCUT2D eigenvalue weighted by Crippen LogP contribution is 2.26. The molecule has 23 heavy (non-hydrogen) atoms. The predicted octanol–water partition coefficient (Wildman–Crippen LogP) is 4.08.